The molecule has 0 bridgehead atoms. The van der Waals surface area contributed by atoms with Crippen molar-refractivity contribution < 1.29 is 17.9 Å². The molecule has 0 atom stereocenters. The Morgan fingerprint density at radius 3 is 2.13 bits per heavy atom. The average Bonchev–Trinajstić information content (AvgIpc) is 2.90. The fourth-order valence-corrected chi connectivity index (χ4v) is 6.01. The van der Waals surface area contributed by atoms with Crippen molar-refractivity contribution in [1.29, 1.82) is 0 Å². The van der Waals surface area contributed by atoms with E-state index in [9.17, 15) is 13.2 Å². The average molecular weight is 543 g/mol. The predicted molar refractivity (Wildman–Crippen MR) is 152 cm³/mol. The normalized spacial score (nSPS) is 17.6. The number of ether oxygens (including phenoxy) is 1. The number of sulfonamides is 1. The summed E-state index contributed by atoms with van der Waals surface area (Å²) in [5, 5.41) is 3.32. The minimum atomic E-state index is -3.30. The number of piperidine rings is 1. The van der Waals surface area contributed by atoms with Gasteiger partial charge >= 0.3 is 6.03 Å². The third kappa shape index (κ3) is 8.63. The van der Waals surface area contributed by atoms with E-state index in [2.05, 4.69) is 38.9 Å². The lowest BCUT2D eigenvalue weighted by atomic mass is 9.95. The van der Waals surface area contributed by atoms with Gasteiger partial charge in [0, 0.05) is 44.0 Å². The zero-order valence-electron chi connectivity index (χ0n) is 22.7. The van der Waals surface area contributed by atoms with E-state index in [0.29, 0.717) is 23.5 Å². The third-order valence-corrected chi connectivity index (χ3v) is 7.99. The molecule has 9 heteroatoms. The van der Waals surface area contributed by atoms with Crippen molar-refractivity contribution >= 4 is 21.7 Å². The lowest BCUT2D eigenvalue weighted by molar-refractivity contribution is 0.114. The van der Waals surface area contributed by atoms with Crippen LogP contribution in [0.3, 0.4) is 0 Å². The Bertz CT molecular complexity index is 1120. The Morgan fingerprint density at radius 1 is 0.947 bits per heavy atom. The number of benzene rings is 2. The first-order valence-electron chi connectivity index (χ1n) is 13.9. The maximum Gasteiger partial charge on any atom is 0.317 e. The predicted octanol–water partition coefficient (Wildman–Crippen LogP) is 5.57. The molecule has 1 saturated carbocycles. The summed E-state index contributed by atoms with van der Waals surface area (Å²) in [5.41, 5.74) is 1.73. The van der Waals surface area contributed by atoms with Gasteiger partial charge in [-0.3, -0.25) is 9.62 Å². The number of hydrogen-bond acceptors (Lipinski definition) is 5. The number of amides is 2. The number of nitrogens with one attached hydrogen (secondary N) is 2. The Morgan fingerprint density at radius 2 is 1.55 bits per heavy atom. The van der Waals surface area contributed by atoms with Crippen molar-refractivity contribution in [3.63, 3.8) is 0 Å². The molecule has 2 amide bonds. The minimum Gasteiger partial charge on any atom is -0.457 e. The second-order valence-corrected chi connectivity index (χ2v) is 12.4. The Labute approximate surface area is 227 Å². The second kappa shape index (κ2) is 13.3. The van der Waals surface area contributed by atoms with Crippen LogP contribution in [0.1, 0.15) is 63.9 Å². The van der Waals surface area contributed by atoms with Gasteiger partial charge in [0.2, 0.25) is 10.0 Å². The monoisotopic (exact) mass is 542 g/mol. The van der Waals surface area contributed by atoms with Crippen LogP contribution in [-0.2, 0) is 16.6 Å². The molecule has 38 heavy (non-hydrogen) atoms. The molecule has 0 radical (unpaired) electrons. The number of nitrogens with zero attached hydrogens (tertiary/aromatic N) is 2. The molecule has 0 unspecified atom stereocenters. The van der Waals surface area contributed by atoms with E-state index >= 15 is 0 Å². The molecule has 0 aromatic heterocycles. The van der Waals surface area contributed by atoms with Gasteiger partial charge in [-0.05, 0) is 74.1 Å². The van der Waals surface area contributed by atoms with Crippen LogP contribution in [0.4, 0.5) is 10.5 Å². The molecule has 1 heterocycles. The first-order chi connectivity index (χ1) is 18.3. The number of urea groups is 1. The summed E-state index contributed by atoms with van der Waals surface area (Å²) in [6.45, 7) is 5.80. The van der Waals surface area contributed by atoms with E-state index in [-0.39, 0.29) is 6.03 Å². The molecule has 2 fully saturated rings. The fraction of sp³-hybridized carbons (Fsp3) is 0.552. The van der Waals surface area contributed by atoms with Crippen molar-refractivity contribution in [2.45, 2.75) is 76.9 Å². The van der Waals surface area contributed by atoms with Crippen LogP contribution in [-0.4, -0.2) is 62.2 Å². The van der Waals surface area contributed by atoms with E-state index in [1.165, 1.54) is 24.8 Å². The van der Waals surface area contributed by atoms with Crippen molar-refractivity contribution in [3.8, 4) is 11.5 Å². The van der Waals surface area contributed by atoms with Gasteiger partial charge in [0.1, 0.15) is 11.5 Å². The van der Waals surface area contributed by atoms with Crippen molar-refractivity contribution in [2.24, 2.45) is 0 Å². The summed E-state index contributed by atoms with van der Waals surface area (Å²) >= 11 is 0. The van der Waals surface area contributed by atoms with Crippen molar-refractivity contribution in [2.75, 3.05) is 30.6 Å². The van der Waals surface area contributed by atoms with Crippen molar-refractivity contribution in [1.82, 2.24) is 15.1 Å². The van der Waals surface area contributed by atoms with Gasteiger partial charge in [-0.2, -0.15) is 0 Å². The summed E-state index contributed by atoms with van der Waals surface area (Å²) in [5.74, 6) is 1.37. The zero-order chi connectivity index (χ0) is 27.0. The van der Waals surface area contributed by atoms with Crippen LogP contribution in [0.25, 0.3) is 0 Å². The number of carbonyl (C=O) groups excluding carboxylic acids is 1. The quantitative estimate of drug-likeness (QED) is 0.410. The molecule has 208 valence electrons. The molecule has 1 aliphatic carbocycles. The molecule has 0 spiro atoms. The van der Waals surface area contributed by atoms with Crippen LogP contribution in [0, 0.1) is 0 Å². The van der Waals surface area contributed by atoms with Gasteiger partial charge in [0.05, 0.1) is 6.26 Å². The first kappa shape index (κ1) is 28.2. The van der Waals surface area contributed by atoms with Crippen LogP contribution in [0.5, 0.6) is 11.5 Å². The highest BCUT2D eigenvalue weighted by Gasteiger charge is 2.29. The molecule has 4 rings (SSSR count). The third-order valence-electron chi connectivity index (χ3n) is 7.38. The Balaban J connectivity index is 1.24. The number of hydrogen-bond donors (Lipinski definition) is 2. The summed E-state index contributed by atoms with van der Waals surface area (Å²) in [6.07, 6.45) is 10.1. The fourth-order valence-electron chi connectivity index (χ4n) is 5.45. The topological polar surface area (TPSA) is 91.0 Å². The van der Waals surface area contributed by atoms with Crippen LogP contribution in [0.2, 0.25) is 0 Å². The number of likely N-dealkylation sites (tertiary alicyclic amines) is 1. The molecular formula is C29H42N4O4S. The van der Waals surface area contributed by atoms with E-state index in [1.54, 1.807) is 24.3 Å². The molecule has 8 nitrogen and oxygen atoms in total. The summed E-state index contributed by atoms with van der Waals surface area (Å²) in [4.78, 5) is 17.6. The maximum atomic E-state index is 13.1. The van der Waals surface area contributed by atoms with Crippen molar-refractivity contribution in [3.05, 3.63) is 54.1 Å². The standard InChI is InChI=1S/C29H42N4O4S/c1-3-19-33(29(34)30-24-7-5-4-6-8-24)26-17-20-32(21-18-26)22-23-9-13-27(14-10-23)37-28-15-11-25(12-16-28)31-38(2,35)36/h9-16,24,26,31H,3-8,17-22H2,1-2H3,(H,30,34). The minimum absolute atomic E-state index is 0.133. The molecule has 2 aliphatic rings. The molecule has 2 aromatic carbocycles. The van der Waals surface area contributed by atoms with E-state index < -0.39 is 10.0 Å². The van der Waals surface area contributed by atoms with Gasteiger partial charge < -0.3 is 15.0 Å². The molecule has 1 saturated heterocycles. The summed E-state index contributed by atoms with van der Waals surface area (Å²) in [7, 11) is -3.30. The molecule has 1 aliphatic heterocycles. The van der Waals surface area contributed by atoms with Gasteiger partial charge in [-0.1, -0.05) is 38.3 Å². The highest BCUT2D eigenvalue weighted by Crippen LogP contribution is 2.25. The zero-order valence-corrected chi connectivity index (χ0v) is 23.5. The summed E-state index contributed by atoms with van der Waals surface area (Å²) < 4.78 is 31.1. The largest absolute Gasteiger partial charge is 0.457 e. The lowest BCUT2D eigenvalue weighted by Crippen LogP contribution is -2.53. The van der Waals surface area contributed by atoms with Gasteiger partial charge in [-0.25, -0.2) is 13.2 Å². The SMILES string of the molecule is CCCN(C(=O)NC1CCCCC1)C1CCN(Cc2ccc(Oc3ccc(NS(C)(=O)=O)cc3)cc2)CC1. The number of anilines is 1. The van der Waals surface area contributed by atoms with Crippen LogP contribution in [0.15, 0.2) is 48.5 Å². The Hall–Kier alpha value is -2.78. The smallest absolute Gasteiger partial charge is 0.317 e. The molecule has 2 aromatic rings. The Kier molecular flexibility index (Phi) is 9.91. The van der Waals surface area contributed by atoms with E-state index in [1.807, 2.05) is 12.1 Å². The number of carbonyl (C=O) groups is 1. The summed E-state index contributed by atoms with van der Waals surface area (Å²) in [6, 6.07) is 15.7. The van der Waals surface area contributed by atoms with E-state index in [4.69, 9.17) is 4.74 Å². The van der Waals surface area contributed by atoms with Crippen LogP contribution < -0.4 is 14.8 Å². The molecular weight excluding hydrogens is 500 g/mol. The first-order valence-corrected chi connectivity index (χ1v) is 15.8. The van der Waals surface area contributed by atoms with Gasteiger partial charge in [-0.15, -0.1) is 0 Å². The number of rotatable bonds is 10. The lowest BCUT2D eigenvalue weighted by Gasteiger charge is -2.39. The second-order valence-electron chi connectivity index (χ2n) is 10.6. The molecule has 2 N–H and O–H groups in total. The van der Waals surface area contributed by atoms with Crippen LogP contribution >= 0.6 is 0 Å². The van der Waals surface area contributed by atoms with Gasteiger partial charge in [0.25, 0.3) is 0 Å². The van der Waals surface area contributed by atoms with Gasteiger partial charge in [0.15, 0.2) is 0 Å². The van der Waals surface area contributed by atoms with E-state index in [0.717, 1.165) is 70.3 Å². The maximum absolute atomic E-state index is 13.1. The highest BCUT2D eigenvalue weighted by molar-refractivity contribution is 7.92. The highest BCUT2D eigenvalue weighted by atomic mass is 32.2.